The molecule has 0 bridgehead atoms. The van der Waals surface area contributed by atoms with Gasteiger partial charge < -0.3 is 10.6 Å². The zero-order valence-corrected chi connectivity index (χ0v) is 16.7. The molecule has 4 rings (SSSR count). The molecule has 31 heavy (non-hydrogen) atoms. The van der Waals surface area contributed by atoms with Crippen LogP contribution < -0.4 is 10.7 Å². The minimum atomic E-state index is -2.80. The molecule has 8 nitrogen and oxygen atoms in total. The summed E-state index contributed by atoms with van der Waals surface area (Å²) in [6.45, 7) is -2.95. The first-order valence-electron chi connectivity index (χ1n) is 9.57. The second-order valence-corrected chi connectivity index (χ2v) is 7.17. The maximum absolute atomic E-state index is 13.7. The van der Waals surface area contributed by atoms with Crippen LogP contribution in [-0.2, 0) is 16.1 Å². The number of benzene rings is 2. The molecule has 0 saturated carbocycles. The fourth-order valence-corrected chi connectivity index (χ4v) is 3.61. The van der Waals surface area contributed by atoms with E-state index in [2.05, 4.69) is 10.1 Å². The normalized spacial score (nSPS) is 16.1. The Labute approximate surface area is 176 Å². The van der Waals surface area contributed by atoms with Gasteiger partial charge in [-0.05, 0) is 24.3 Å². The predicted octanol–water partition coefficient (Wildman–Crippen LogP) is 2.51. The summed E-state index contributed by atoms with van der Waals surface area (Å²) < 4.78 is 28.1. The van der Waals surface area contributed by atoms with E-state index in [1.807, 2.05) is 6.07 Å². The van der Waals surface area contributed by atoms with Crippen molar-refractivity contribution in [3.05, 3.63) is 60.4 Å². The number of aromatic nitrogens is 2. The molecule has 0 spiro atoms. The molecule has 0 saturated heterocycles. The van der Waals surface area contributed by atoms with Crippen LogP contribution in [0.3, 0.4) is 0 Å². The van der Waals surface area contributed by atoms with Gasteiger partial charge in [-0.3, -0.25) is 19.2 Å². The summed E-state index contributed by atoms with van der Waals surface area (Å²) in [5, 5.41) is 5.72. The second kappa shape index (κ2) is 8.13. The summed E-state index contributed by atoms with van der Waals surface area (Å²) in [6, 6.07) is 14.6. The summed E-state index contributed by atoms with van der Waals surface area (Å²) in [6.07, 6.45) is 0.0265. The van der Waals surface area contributed by atoms with Crippen LogP contribution in [0, 0.1) is 0 Å². The molecule has 1 aliphatic rings. The first-order chi connectivity index (χ1) is 14.9. The van der Waals surface area contributed by atoms with Crippen LogP contribution >= 0.6 is 0 Å². The van der Waals surface area contributed by atoms with Crippen molar-refractivity contribution in [3.63, 3.8) is 0 Å². The number of rotatable bonds is 6. The van der Waals surface area contributed by atoms with Gasteiger partial charge in [0.1, 0.15) is 17.6 Å². The van der Waals surface area contributed by atoms with Gasteiger partial charge in [-0.25, -0.2) is 4.98 Å². The average Bonchev–Trinajstić information content (AvgIpc) is 3.35. The Hall–Kier alpha value is -3.82. The Morgan fingerprint density at radius 3 is 2.52 bits per heavy atom. The van der Waals surface area contributed by atoms with Crippen molar-refractivity contribution in [2.45, 2.75) is 25.6 Å². The molecule has 0 aliphatic carbocycles. The number of carbonyl (C=O) groups excluding carboxylic acids is 2. The number of nitrogens with two attached hydrogens (primary N) is 1. The number of nitrogens with zero attached hydrogens (tertiary/aromatic N) is 5. The van der Waals surface area contributed by atoms with E-state index >= 15 is 0 Å². The maximum Gasteiger partial charge on any atom is 0.320 e. The van der Waals surface area contributed by atoms with Crippen molar-refractivity contribution in [1.82, 2.24) is 14.5 Å². The molecule has 0 unspecified atom stereocenters. The third-order valence-electron chi connectivity index (χ3n) is 5.10. The van der Waals surface area contributed by atoms with Gasteiger partial charge in [0.15, 0.2) is 0 Å². The Morgan fingerprint density at radius 1 is 1.16 bits per heavy atom. The van der Waals surface area contributed by atoms with Gasteiger partial charge in [0.25, 0.3) is 5.91 Å². The van der Waals surface area contributed by atoms with Gasteiger partial charge in [0, 0.05) is 13.5 Å². The molecule has 2 amide bonds. The number of hydrogen-bond acceptors (Lipinski definition) is 5. The smallest absolute Gasteiger partial charge is 0.320 e. The monoisotopic (exact) mass is 426 g/mol. The summed E-state index contributed by atoms with van der Waals surface area (Å²) in [5.74, 6) is -1.05. The minimum Gasteiger partial charge on any atom is -0.368 e. The second-order valence-electron chi connectivity index (χ2n) is 7.17. The predicted molar refractivity (Wildman–Crippen MR) is 111 cm³/mol. The molecule has 0 radical (unpaired) electrons. The van der Waals surface area contributed by atoms with Crippen molar-refractivity contribution in [1.29, 1.82) is 0 Å². The highest BCUT2D eigenvalue weighted by Gasteiger charge is 2.36. The van der Waals surface area contributed by atoms with E-state index in [-0.39, 0.29) is 30.0 Å². The number of carbonyl (C=O) groups is 2. The third-order valence-corrected chi connectivity index (χ3v) is 5.10. The Morgan fingerprint density at radius 2 is 1.84 bits per heavy atom. The number of fused-ring (bicyclic) bond motifs is 1. The highest BCUT2D eigenvalue weighted by molar-refractivity contribution is 6.40. The van der Waals surface area contributed by atoms with Crippen LogP contribution in [0.2, 0.25) is 0 Å². The lowest BCUT2D eigenvalue weighted by atomic mass is 10.1. The fourth-order valence-electron chi connectivity index (χ4n) is 3.61. The lowest BCUT2D eigenvalue weighted by molar-refractivity contribution is -0.123. The van der Waals surface area contributed by atoms with Crippen LogP contribution in [0.25, 0.3) is 11.0 Å². The molecular weight excluding hydrogens is 406 g/mol. The molecular formula is C21H20F2N6O2. The SMILES string of the molecule is CN(Cc1nc2ccccc2n1C(F)F)C(=O)C1=NN(c2ccccc2)[C@@H](C(N)=O)C1. The first-order valence-corrected chi connectivity index (χ1v) is 9.57. The molecule has 1 atom stereocenters. The molecule has 10 heteroatoms. The van der Waals surface area contributed by atoms with Crippen LogP contribution in [0.1, 0.15) is 18.8 Å². The van der Waals surface area contributed by atoms with Crippen molar-refractivity contribution in [2.75, 3.05) is 12.1 Å². The van der Waals surface area contributed by atoms with Crippen LogP contribution in [0.15, 0.2) is 59.7 Å². The molecule has 3 aromatic rings. The first kappa shape index (κ1) is 20.5. The molecule has 160 valence electrons. The average molecular weight is 426 g/mol. The number of hydrogen-bond donors (Lipinski definition) is 1. The molecule has 1 aromatic heterocycles. The number of hydrazone groups is 1. The van der Waals surface area contributed by atoms with Gasteiger partial charge in [-0.1, -0.05) is 30.3 Å². The quantitative estimate of drug-likeness (QED) is 0.655. The van der Waals surface area contributed by atoms with Crippen molar-refractivity contribution in [3.8, 4) is 0 Å². The fraction of sp³-hybridized carbons (Fsp3) is 0.238. The van der Waals surface area contributed by atoms with Gasteiger partial charge in [0.05, 0.1) is 23.3 Å². The standard InChI is InChI=1S/C21H20F2N6O2/c1-27(12-18-25-14-9-5-6-10-16(14)28(18)21(22)23)20(31)15-11-17(19(24)30)29(26-15)13-7-3-2-4-8-13/h2-10,17,21H,11-12H2,1H3,(H2,24,30)/t17-/m1/s1. The van der Waals surface area contributed by atoms with Crippen LogP contribution in [-0.4, -0.2) is 45.1 Å². The van der Waals surface area contributed by atoms with E-state index in [0.717, 1.165) is 4.57 Å². The summed E-state index contributed by atoms with van der Waals surface area (Å²) in [7, 11) is 1.48. The summed E-state index contributed by atoms with van der Waals surface area (Å²) in [5.41, 5.74) is 6.96. The van der Waals surface area contributed by atoms with Gasteiger partial charge in [-0.15, -0.1) is 0 Å². The van der Waals surface area contributed by atoms with Crippen molar-refractivity contribution < 1.29 is 18.4 Å². The molecule has 1 aliphatic heterocycles. The number of amides is 2. The largest absolute Gasteiger partial charge is 0.368 e. The van der Waals surface area contributed by atoms with E-state index in [0.29, 0.717) is 11.2 Å². The van der Waals surface area contributed by atoms with E-state index in [1.165, 1.54) is 17.0 Å². The zero-order valence-electron chi connectivity index (χ0n) is 16.7. The van der Waals surface area contributed by atoms with Gasteiger partial charge in [0.2, 0.25) is 5.91 Å². The molecule has 0 fully saturated rings. The number of imidazole rings is 1. The van der Waals surface area contributed by atoms with Crippen molar-refractivity contribution >= 4 is 34.2 Å². The summed E-state index contributed by atoms with van der Waals surface area (Å²) in [4.78, 5) is 30.4. The van der Waals surface area contributed by atoms with E-state index in [9.17, 15) is 18.4 Å². The van der Waals surface area contributed by atoms with Crippen LogP contribution in [0.4, 0.5) is 14.5 Å². The molecule has 2 heterocycles. The van der Waals surface area contributed by atoms with E-state index in [1.54, 1.807) is 48.5 Å². The van der Waals surface area contributed by atoms with E-state index < -0.39 is 24.4 Å². The van der Waals surface area contributed by atoms with Gasteiger partial charge in [-0.2, -0.15) is 13.9 Å². The molecule has 2 N–H and O–H groups in total. The highest BCUT2D eigenvalue weighted by Crippen LogP contribution is 2.26. The third kappa shape index (κ3) is 3.83. The summed E-state index contributed by atoms with van der Waals surface area (Å²) >= 11 is 0. The Kier molecular flexibility index (Phi) is 5.37. The van der Waals surface area contributed by atoms with Gasteiger partial charge >= 0.3 is 6.55 Å². The Balaban J connectivity index is 1.59. The number of primary amides is 1. The topological polar surface area (TPSA) is 96.8 Å². The number of alkyl halides is 2. The maximum atomic E-state index is 13.7. The lowest BCUT2D eigenvalue weighted by Crippen LogP contribution is -2.40. The molecule has 2 aromatic carbocycles. The Bertz CT molecular complexity index is 1160. The number of para-hydroxylation sites is 3. The highest BCUT2D eigenvalue weighted by atomic mass is 19.3. The lowest BCUT2D eigenvalue weighted by Gasteiger charge is -2.20. The van der Waals surface area contributed by atoms with E-state index in [4.69, 9.17) is 5.73 Å². The number of halogens is 2. The van der Waals surface area contributed by atoms with Crippen molar-refractivity contribution in [2.24, 2.45) is 10.8 Å². The zero-order chi connectivity index (χ0) is 22.1. The van der Waals surface area contributed by atoms with Crippen LogP contribution in [0.5, 0.6) is 0 Å². The minimum absolute atomic E-state index is 0.0265. The number of anilines is 1.